The quantitative estimate of drug-likeness (QED) is 0.286. The topological polar surface area (TPSA) is 78.9 Å². The van der Waals surface area contributed by atoms with Crippen molar-refractivity contribution in [1.29, 1.82) is 0 Å². The largest absolute Gasteiger partial charge is 0.481 e. The Morgan fingerprint density at radius 2 is 1.97 bits per heavy atom. The van der Waals surface area contributed by atoms with Gasteiger partial charge in [0, 0.05) is 24.4 Å². The number of nitrogens with one attached hydrogen (secondary N) is 1. The maximum atomic E-state index is 13.2. The average Bonchev–Trinajstić information content (AvgIpc) is 2.89. The molecule has 2 aromatic rings. The Hall–Kier alpha value is -2.83. The van der Waals surface area contributed by atoms with Crippen molar-refractivity contribution in [1.82, 2.24) is 10.2 Å². The molecule has 1 aliphatic carbocycles. The number of aliphatic carboxylic acids is 1. The summed E-state index contributed by atoms with van der Waals surface area (Å²) in [7, 11) is 0. The van der Waals surface area contributed by atoms with Crippen LogP contribution in [0, 0.1) is 11.3 Å². The van der Waals surface area contributed by atoms with E-state index in [1.165, 1.54) is 4.90 Å². The number of ether oxygens (including phenoxy) is 1. The minimum Gasteiger partial charge on any atom is -0.481 e. The van der Waals surface area contributed by atoms with Gasteiger partial charge in [-0.3, -0.25) is 4.79 Å². The first-order valence-electron chi connectivity index (χ1n) is 14.0. The molecule has 2 atom stereocenters. The van der Waals surface area contributed by atoms with Gasteiger partial charge >= 0.3 is 12.0 Å². The third-order valence-electron chi connectivity index (χ3n) is 7.89. The SMILES string of the molecule is CC(C)(C)CCc1ccc(C23CCCC(CCOCc4ccccc4)C2=CN(CCC(=O)O)C(=O)N3)cc1Cl. The lowest BCUT2D eigenvalue weighted by Gasteiger charge is -2.49. The first kappa shape index (κ1) is 29.2. The number of carboxylic acids is 1. The lowest BCUT2D eigenvalue weighted by Crippen LogP contribution is -2.58. The van der Waals surface area contributed by atoms with E-state index >= 15 is 0 Å². The van der Waals surface area contributed by atoms with Crippen LogP contribution in [-0.4, -0.2) is 35.2 Å². The zero-order chi connectivity index (χ0) is 28.0. The molecule has 39 heavy (non-hydrogen) atoms. The van der Waals surface area contributed by atoms with Gasteiger partial charge in [0.2, 0.25) is 0 Å². The van der Waals surface area contributed by atoms with Gasteiger partial charge in [-0.05, 0) is 78.2 Å². The highest BCUT2D eigenvalue weighted by atomic mass is 35.5. The zero-order valence-electron chi connectivity index (χ0n) is 23.3. The highest BCUT2D eigenvalue weighted by Crippen LogP contribution is 2.48. The molecule has 2 aliphatic rings. The zero-order valence-corrected chi connectivity index (χ0v) is 24.1. The Bertz CT molecular complexity index is 1190. The molecular weight excluding hydrogens is 512 g/mol. The van der Waals surface area contributed by atoms with Gasteiger partial charge in [0.15, 0.2) is 0 Å². The van der Waals surface area contributed by atoms with Crippen LogP contribution in [-0.2, 0) is 28.1 Å². The molecule has 1 heterocycles. The van der Waals surface area contributed by atoms with Gasteiger partial charge in [0.25, 0.3) is 0 Å². The van der Waals surface area contributed by atoms with Crippen LogP contribution in [0.15, 0.2) is 60.3 Å². The van der Waals surface area contributed by atoms with E-state index in [0.29, 0.717) is 13.2 Å². The summed E-state index contributed by atoms with van der Waals surface area (Å²) in [6, 6.07) is 16.1. The number of benzene rings is 2. The Balaban J connectivity index is 1.59. The van der Waals surface area contributed by atoms with Crippen LogP contribution in [0.2, 0.25) is 5.02 Å². The molecule has 4 rings (SSSR count). The van der Waals surface area contributed by atoms with E-state index in [-0.39, 0.29) is 30.3 Å². The number of aryl methyl sites for hydroxylation is 1. The van der Waals surface area contributed by atoms with Gasteiger partial charge in [-0.15, -0.1) is 0 Å². The van der Waals surface area contributed by atoms with E-state index in [1.807, 2.05) is 30.5 Å². The molecule has 2 amide bonds. The van der Waals surface area contributed by atoms with E-state index < -0.39 is 11.5 Å². The van der Waals surface area contributed by atoms with Crippen molar-refractivity contribution in [2.75, 3.05) is 13.2 Å². The van der Waals surface area contributed by atoms with Crippen molar-refractivity contribution < 1.29 is 19.4 Å². The highest BCUT2D eigenvalue weighted by molar-refractivity contribution is 6.31. The molecule has 0 bridgehead atoms. The molecule has 1 fully saturated rings. The van der Waals surface area contributed by atoms with Gasteiger partial charge in [-0.2, -0.15) is 0 Å². The fraction of sp³-hybridized carbons (Fsp3) is 0.500. The number of fused-ring (bicyclic) bond motifs is 1. The average molecular weight is 553 g/mol. The third-order valence-corrected chi connectivity index (χ3v) is 8.24. The Labute approximate surface area is 237 Å². The second kappa shape index (κ2) is 12.6. The first-order chi connectivity index (χ1) is 18.6. The third kappa shape index (κ3) is 7.43. The standard InChI is InChI=1S/C32H41ClN2O4/c1-31(2,3)17-13-25-11-12-26(20-28(25)33)32-16-7-10-24(15-19-39-22-23-8-5-4-6-9-23)27(32)21-35(30(38)34-32)18-14-29(36)37/h4-6,8-9,11-12,20-21,24H,7,10,13-19,22H2,1-3H3,(H,34,38)(H,36,37). The maximum Gasteiger partial charge on any atom is 0.322 e. The van der Waals surface area contributed by atoms with Crippen LogP contribution in [0.1, 0.15) is 76.0 Å². The lowest BCUT2D eigenvalue weighted by molar-refractivity contribution is -0.137. The van der Waals surface area contributed by atoms with Crippen molar-refractivity contribution in [3.63, 3.8) is 0 Å². The molecule has 7 heteroatoms. The molecule has 2 aromatic carbocycles. The van der Waals surface area contributed by atoms with Gasteiger partial charge in [0.05, 0.1) is 18.6 Å². The second-order valence-corrected chi connectivity index (χ2v) is 12.4. The number of hydrogen-bond acceptors (Lipinski definition) is 3. The molecule has 2 N–H and O–H groups in total. The molecule has 0 spiro atoms. The molecule has 2 unspecified atom stereocenters. The summed E-state index contributed by atoms with van der Waals surface area (Å²) in [6.45, 7) is 7.97. The van der Waals surface area contributed by atoms with Gasteiger partial charge in [0.1, 0.15) is 0 Å². The molecule has 6 nitrogen and oxygen atoms in total. The number of urea groups is 1. The fourth-order valence-electron chi connectivity index (χ4n) is 5.67. The molecular formula is C32H41ClN2O4. The second-order valence-electron chi connectivity index (χ2n) is 12.0. The number of carbonyl (C=O) groups excluding carboxylic acids is 1. The Morgan fingerprint density at radius 1 is 1.21 bits per heavy atom. The summed E-state index contributed by atoms with van der Waals surface area (Å²) in [6.07, 6.45) is 7.27. The normalized spacial score (nSPS) is 21.2. The lowest BCUT2D eigenvalue weighted by atomic mass is 9.66. The van der Waals surface area contributed by atoms with Crippen LogP contribution in [0.4, 0.5) is 4.79 Å². The Morgan fingerprint density at radius 3 is 2.67 bits per heavy atom. The fourth-order valence-corrected chi connectivity index (χ4v) is 5.95. The van der Waals surface area contributed by atoms with Crippen LogP contribution in [0.25, 0.3) is 0 Å². The van der Waals surface area contributed by atoms with Crippen LogP contribution >= 0.6 is 11.6 Å². The molecule has 1 aliphatic heterocycles. The van der Waals surface area contributed by atoms with Crippen LogP contribution < -0.4 is 5.32 Å². The summed E-state index contributed by atoms with van der Waals surface area (Å²) in [5, 5.41) is 13.2. The molecule has 1 saturated carbocycles. The minimum atomic E-state index is -0.926. The van der Waals surface area contributed by atoms with Crippen molar-refractivity contribution in [2.45, 2.75) is 77.9 Å². The number of carbonyl (C=O) groups is 2. The van der Waals surface area contributed by atoms with Crippen LogP contribution in [0.3, 0.4) is 0 Å². The van der Waals surface area contributed by atoms with Gasteiger partial charge in [-0.25, -0.2) is 4.79 Å². The summed E-state index contributed by atoms with van der Waals surface area (Å²) in [5.41, 5.74) is 3.91. The molecule has 210 valence electrons. The summed E-state index contributed by atoms with van der Waals surface area (Å²) >= 11 is 6.82. The summed E-state index contributed by atoms with van der Waals surface area (Å²) < 4.78 is 6.03. The number of halogens is 1. The Kier molecular flexibility index (Phi) is 9.39. The molecule has 0 aromatic heterocycles. The van der Waals surface area contributed by atoms with Crippen molar-refractivity contribution in [3.05, 3.63) is 82.0 Å². The smallest absolute Gasteiger partial charge is 0.322 e. The van der Waals surface area contributed by atoms with E-state index in [1.54, 1.807) is 0 Å². The van der Waals surface area contributed by atoms with Crippen molar-refractivity contribution in [3.8, 4) is 0 Å². The van der Waals surface area contributed by atoms with E-state index in [4.69, 9.17) is 16.3 Å². The number of carboxylic acid groups (broad SMARTS) is 1. The highest BCUT2D eigenvalue weighted by Gasteiger charge is 2.47. The minimum absolute atomic E-state index is 0.108. The number of hydrogen-bond donors (Lipinski definition) is 2. The van der Waals surface area contributed by atoms with E-state index in [0.717, 1.165) is 65.8 Å². The monoisotopic (exact) mass is 552 g/mol. The number of amides is 2. The van der Waals surface area contributed by atoms with Gasteiger partial charge < -0.3 is 20.1 Å². The van der Waals surface area contributed by atoms with Crippen LogP contribution in [0.5, 0.6) is 0 Å². The number of nitrogens with zero attached hydrogens (tertiary/aromatic N) is 1. The van der Waals surface area contributed by atoms with Gasteiger partial charge in [-0.1, -0.05) is 74.8 Å². The summed E-state index contributed by atoms with van der Waals surface area (Å²) in [4.78, 5) is 26.0. The summed E-state index contributed by atoms with van der Waals surface area (Å²) in [5.74, 6) is -0.730. The maximum absolute atomic E-state index is 13.2. The van der Waals surface area contributed by atoms with Crippen molar-refractivity contribution in [2.24, 2.45) is 11.3 Å². The predicted molar refractivity (Wildman–Crippen MR) is 155 cm³/mol. The van der Waals surface area contributed by atoms with E-state index in [9.17, 15) is 14.7 Å². The molecule has 0 radical (unpaired) electrons. The predicted octanol–water partition coefficient (Wildman–Crippen LogP) is 7.30. The van der Waals surface area contributed by atoms with Crippen molar-refractivity contribution >= 4 is 23.6 Å². The first-order valence-corrected chi connectivity index (χ1v) is 14.4. The van der Waals surface area contributed by atoms with E-state index in [2.05, 4.69) is 50.4 Å². The number of rotatable bonds is 11. The molecule has 0 saturated heterocycles.